The summed E-state index contributed by atoms with van der Waals surface area (Å²) in [6.07, 6.45) is 2.83. The molecule has 0 radical (unpaired) electrons. The molecule has 2 heterocycles. The number of fused-ring (bicyclic) bond motifs is 1. The van der Waals surface area contributed by atoms with Gasteiger partial charge in [0.2, 0.25) is 0 Å². The van der Waals surface area contributed by atoms with Gasteiger partial charge in [-0.15, -0.1) is 0 Å². The SMILES string of the molecule is O=C(/C=C/c1nc2ccccc2c(=O)[nH]1)c1ccc(C(=O)N2CCOCC2)cc1. The minimum atomic E-state index is -0.256. The number of amides is 1. The number of ketones is 1. The zero-order valence-corrected chi connectivity index (χ0v) is 15.6. The van der Waals surface area contributed by atoms with Crippen molar-refractivity contribution in [1.29, 1.82) is 0 Å². The number of nitrogens with one attached hydrogen (secondary N) is 1. The van der Waals surface area contributed by atoms with Gasteiger partial charge >= 0.3 is 0 Å². The van der Waals surface area contributed by atoms with E-state index < -0.39 is 0 Å². The minimum absolute atomic E-state index is 0.0687. The summed E-state index contributed by atoms with van der Waals surface area (Å²) in [5.74, 6) is -0.00637. The standard InChI is InChI=1S/C22H19N3O4/c26-19(9-10-20-23-18-4-2-1-3-17(18)21(27)24-20)15-5-7-16(8-6-15)22(28)25-11-13-29-14-12-25/h1-10H,11-14H2,(H,23,24,27)/b10-9+. The number of carbonyl (C=O) groups is 2. The van der Waals surface area contributed by atoms with E-state index >= 15 is 0 Å². The van der Waals surface area contributed by atoms with E-state index in [0.717, 1.165) is 0 Å². The quantitative estimate of drug-likeness (QED) is 0.546. The fraction of sp³-hybridized carbons (Fsp3) is 0.182. The molecule has 0 spiro atoms. The Bertz CT molecular complexity index is 1140. The van der Waals surface area contributed by atoms with Gasteiger partial charge in [-0.3, -0.25) is 14.4 Å². The average Bonchev–Trinajstić information content (AvgIpc) is 2.78. The van der Waals surface area contributed by atoms with Crippen molar-refractivity contribution in [2.45, 2.75) is 0 Å². The fourth-order valence-electron chi connectivity index (χ4n) is 3.16. The fourth-order valence-corrected chi connectivity index (χ4v) is 3.16. The van der Waals surface area contributed by atoms with E-state index in [1.54, 1.807) is 53.4 Å². The largest absolute Gasteiger partial charge is 0.378 e. The third kappa shape index (κ3) is 4.14. The van der Waals surface area contributed by atoms with Gasteiger partial charge in [0.05, 0.1) is 24.1 Å². The van der Waals surface area contributed by atoms with Crippen molar-refractivity contribution >= 4 is 28.7 Å². The molecule has 1 aliphatic rings. The Morgan fingerprint density at radius 1 is 1.00 bits per heavy atom. The van der Waals surface area contributed by atoms with Gasteiger partial charge in [0.15, 0.2) is 5.78 Å². The Hall–Kier alpha value is -3.58. The number of para-hydroxylation sites is 1. The van der Waals surface area contributed by atoms with Crippen LogP contribution in [0.25, 0.3) is 17.0 Å². The summed E-state index contributed by atoms with van der Waals surface area (Å²) < 4.78 is 5.26. The maximum atomic E-state index is 12.5. The number of ether oxygens (including phenoxy) is 1. The molecule has 2 aromatic carbocycles. The van der Waals surface area contributed by atoms with Crippen LogP contribution in [0.3, 0.4) is 0 Å². The van der Waals surface area contributed by atoms with Crippen molar-refractivity contribution < 1.29 is 14.3 Å². The van der Waals surface area contributed by atoms with Crippen molar-refractivity contribution in [1.82, 2.24) is 14.9 Å². The summed E-state index contributed by atoms with van der Waals surface area (Å²) in [5.41, 5.74) is 1.29. The number of hydrogen-bond donors (Lipinski definition) is 1. The summed E-state index contributed by atoms with van der Waals surface area (Å²) in [5, 5.41) is 0.497. The Morgan fingerprint density at radius 2 is 1.69 bits per heavy atom. The van der Waals surface area contributed by atoms with Gasteiger partial charge in [-0.05, 0) is 36.4 Å². The molecule has 7 nitrogen and oxygen atoms in total. The molecule has 0 bridgehead atoms. The molecule has 1 saturated heterocycles. The number of benzene rings is 2. The lowest BCUT2D eigenvalue weighted by atomic mass is 10.1. The minimum Gasteiger partial charge on any atom is -0.378 e. The number of hydrogen-bond acceptors (Lipinski definition) is 5. The smallest absolute Gasteiger partial charge is 0.259 e. The number of aromatic nitrogens is 2. The second-order valence-corrected chi connectivity index (χ2v) is 6.65. The molecule has 0 atom stereocenters. The summed E-state index contributed by atoms with van der Waals surface area (Å²) in [7, 11) is 0. The van der Waals surface area contributed by atoms with Gasteiger partial charge in [0.25, 0.3) is 11.5 Å². The second-order valence-electron chi connectivity index (χ2n) is 6.65. The van der Waals surface area contributed by atoms with Crippen LogP contribution in [0.1, 0.15) is 26.5 Å². The van der Waals surface area contributed by atoms with Gasteiger partial charge in [0.1, 0.15) is 5.82 Å². The van der Waals surface area contributed by atoms with E-state index in [2.05, 4.69) is 9.97 Å². The number of allylic oxidation sites excluding steroid dienone is 1. The van der Waals surface area contributed by atoms with E-state index in [1.807, 2.05) is 0 Å². The molecule has 7 heteroatoms. The number of rotatable bonds is 4. The summed E-state index contributed by atoms with van der Waals surface area (Å²) in [6, 6.07) is 13.5. The third-order valence-corrected chi connectivity index (χ3v) is 4.74. The Balaban J connectivity index is 1.48. The molecule has 1 N–H and O–H groups in total. The number of aromatic amines is 1. The molecule has 3 aromatic rings. The van der Waals surface area contributed by atoms with E-state index in [4.69, 9.17) is 4.74 Å². The number of nitrogens with zero attached hydrogens (tertiary/aromatic N) is 2. The van der Waals surface area contributed by atoms with Crippen molar-refractivity contribution in [3.05, 3.63) is 81.9 Å². The molecular weight excluding hydrogens is 370 g/mol. The van der Waals surface area contributed by atoms with E-state index in [9.17, 15) is 14.4 Å². The lowest BCUT2D eigenvalue weighted by molar-refractivity contribution is 0.0303. The van der Waals surface area contributed by atoms with E-state index in [1.165, 1.54) is 12.2 Å². The zero-order chi connectivity index (χ0) is 20.2. The molecular formula is C22H19N3O4. The van der Waals surface area contributed by atoms with Crippen molar-refractivity contribution in [3.8, 4) is 0 Å². The normalized spacial score (nSPS) is 14.4. The molecule has 29 heavy (non-hydrogen) atoms. The van der Waals surface area contributed by atoms with Crippen LogP contribution in [0, 0.1) is 0 Å². The van der Waals surface area contributed by atoms with Crippen LogP contribution in [-0.2, 0) is 4.74 Å². The van der Waals surface area contributed by atoms with Gasteiger partial charge in [-0.25, -0.2) is 4.98 Å². The molecule has 1 aromatic heterocycles. The molecule has 0 saturated carbocycles. The maximum Gasteiger partial charge on any atom is 0.259 e. The molecule has 1 amide bonds. The first-order valence-corrected chi connectivity index (χ1v) is 9.30. The van der Waals surface area contributed by atoms with Crippen LogP contribution in [0.4, 0.5) is 0 Å². The molecule has 1 aliphatic heterocycles. The highest BCUT2D eigenvalue weighted by Crippen LogP contribution is 2.11. The monoisotopic (exact) mass is 389 g/mol. The summed E-state index contributed by atoms with van der Waals surface area (Å²) in [4.78, 5) is 45.7. The highest BCUT2D eigenvalue weighted by atomic mass is 16.5. The van der Waals surface area contributed by atoms with E-state index in [-0.39, 0.29) is 17.2 Å². The topological polar surface area (TPSA) is 92.4 Å². The Labute approximate surface area is 166 Å². The van der Waals surface area contributed by atoms with Crippen molar-refractivity contribution in [3.63, 3.8) is 0 Å². The van der Waals surface area contributed by atoms with Crippen LogP contribution < -0.4 is 5.56 Å². The van der Waals surface area contributed by atoms with Gasteiger partial charge in [-0.2, -0.15) is 0 Å². The Morgan fingerprint density at radius 3 is 2.45 bits per heavy atom. The summed E-state index contributed by atoms with van der Waals surface area (Å²) in [6.45, 7) is 2.22. The van der Waals surface area contributed by atoms with Crippen LogP contribution in [0.5, 0.6) is 0 Å². The van der Waals surface area contributed by atoms with Gasteiger partial charge in [-0.1, -0.05) is 24.3 Å². The molecule has 0 unspecified atom stereocenters. The van der Waals surface area contributed by atoms with E-state index in [0.29, 0.717) is 54.2 Å². The molecule has 1 fully saturated rings. The Kier molecular flexibility index (Phi) is 5.31. The summed E-state index contributed by atoms with van der Waals surface area (Å²) >= 11 is 0. The molecule has 146 valence electrons. The second kappa shape index (κ2) is 8.20. The van der Waals surface area contributed by atoms with Crippen LogP contribution in [0.2, 0.25) is 0 Å². The highest BCUT2D eigenvalue weighted by molar-refractivity contribution is 6.07. The molecule has 0 aliphatic carbocycles. The average molecular weight is 389 g/mol. The third-order valence-electron chi connectivity index (χ3n) is 4.74. The predicted molar refractivity (Wildman–Crippen MR) is 109 cm³/mol. The first-order valence-electron chi connectivity index (χ1n) is 9.30. The number of H-pyrrole nitrogens is 1. The first kappa shape index (κ1) is 18.8. The van der Waals surface area contributed by atoms with Gasteiger partial charge < -0.3 is 14.6 Å². The lowest BCUT2D eigenvalue weighted by Gasteiger charge is -2.26. The zero-order valence-electron chi connectivity index (χ0n) is 15.6. The first-order chi connectivity index (χ1) is 14.1. The van der Waals surface area contributed by atoms with Crippen molar-refractivity contribution in [2.24, 2.45) is 0 Å². The maximum absolute atomic E-state index is 12.5. The lowest BCUT2D eigenvalue weighted by Crippen LogP contribution is -2.40. The number of carbonyl (C=O) groups excluding carboxylic acids is 2. The van der Waals surface area contributed by atoms with Crippen LogP contribution in [-0.4, -0.2) is 52.9 Å². The highest BCUT2D eigenvalue weighted by Gasteiger charge is 2.18. The molecule has 4 rings (SSSR count). The van der Waals surface area contributed by atoms with Gasteiger partial charge in [0, 0.05) is 24.2 Å². The van der Waals surface area contributed by atoms with Crippen molar-refractivity contribution in [2.75, 3.05) is 26.3 Å². The predicted octanol–water partition coefficient (Wildman–Crippen LogP) is 2.29. The number of morpholine rings is 1. The van der Waals surface area contributed by atoms with Crippen LogP contribution in [0.15, 0.2) is 59.4 Å². The van der Waals surface area contributed by atoms with Crippen LogP contribution >= 0.6 is 0 Å².